The Bertz CT molecular complexity index is 241. The molecule has 13 heavy (non-hydrogen) atoms. The Hall–Kier alpha value is -0.860. The zero-order valence-corrected chi connectivity index (χ0v) is 8.38. The molecule has 1 atom stereocenters. The lowest BCUT2D eigenvalue weighted by Crippen LogP contribution is -2.26. The second-order valence-electron chi connectivity index (χ2n) is 3.40. The summed E-state index contributed by atoms with van der Waals surface area (Å²) in [6.45, 7) is 5.16. The minimum absolute atomic E-state index is 0.482. The number of rotatable bonds is 4. The fraction of sp³-hybridized carbons (Fsp3) is 0.455. The summed E-state index contributed by atoms with van der Waals surface area (Å²) in [6, 6.07) is 8.73. The number of nitrogens with one attached hydrogen (secondary N) is 1. The fourth-order valence-corrected chi connectivity index (χ4v) is 1.38. The second-order valence-corrected chi connectivity index (χ2v) is 3.40. The SMILES string of the molecule is CCc1ccc(C(C)CNN)cc1. The molecule has 3 N–H and O–H groups in total. The fourth-order valence-electron chi connectivity index (χ4n) is 1.38. The van der Waals surface area contributed by atoms with Crippen LogP contribution in [0.3, 0.4) is 0 Å². The highest BCUT2D eigenvalue weighted by Gasteiger charge is 2.02. The van der Waals surface area contributed by atoms with Crippen LogP contribution in [0.25, 0.3) is 0 Å². The van der Waals surface area contributed by atoms with Crippen molar-refractivity contribution in [1.29, 1.82) is 0 Å². The van der Waals surface area contributed by atoms with E-state index in [4.69, 9.17) is 5.84 Å². The third-order valence-electron chi connectivity index (χ3n) is 2.38. The molecule has 0 spiro atoms. The topological polar surface area (TPSA) is 38.0 Å². The van der Waals surface area contributed by atoms with Crippen LogP contribution in [0.15, 0.2) is 24.3 Å². The molecule has 0 radical (unpaired) electrons. The van der Waals surface area contributed by atoms with Gasteiger partial charge in [-0.3, -0.25) is 11.3 Å². The van der Waals surface area contributed by atoms with Crippen LogP contribution >= 0.6 is 0 Å². The van der Waals surface area contributed by atoms with Crippen molar-refractivity contribution in [3.8, 4) is 0 Å². The van der Waals surface area contributed by atoms with E-state index in [0.717, 1.165) is 13.0 Å². The van der Waals surface area contributed by atoms with Gasteiger partial charge >= 0.3 is 0 Å². The zero-order valence-electron chi connectivity index (χ0n) is 8.38. The molecule has 0 saturated heterocycles. The van der Waals surface area contributed by atoms with Crippen LogP contribution in [-0.2, 0) is 6.42 Å². The van der Waals surface area contributed by atoms with E-state index >= 15 is 0 Å². The van der Waals surface area contributed by atoms with Gasteiger partial charge in [-0.1, -0.05) is 38.1 Å². The Balaban J connectivity index is 2.67. The van der Waals surface area contributed by atoms with E-state index in [1.165, 1.54) is 11.1 Å². The molecule has 72 valence electrons. The normalized spacial score (nSPS) is 12.8. The number of hydrogen-bond donors (Lipinski definition) is 2. The molecule has 0 aliphatic rings. The molecule has 0 bridgehead atoms. The van der Waals surface area contributed by atoms with E-state index in [9.17, 15) is 0 Å². The van der Waals surface area contributed by atoms with Gasteiger partial charge < -0.3 is 0 Å². The van der Waals surface area contributed by atoms with Crippen LogP contribution in [0.4, 0.5) is 0 Å². The zero-order chi connectivity index (χ0) is 9.68. The monoisotopic (exact) mass is 178 g/mol. The van der Waals surface area contributed by atoms with Crippen LogP contribution in [-0.4, -0.2) is 6.54 Å². The van der Waals surface area contributed by atoms with Crippen LogP contribution in [0.5, 0.6) is 0 Å². The van der Waals surface area contributed by atoms with Gasteiger partial charge in [-0.2, -0.15) is 0 Å². The van der Waals surface area contributed by atoms with E-state index in [2.05, 4.69) is 43.5 Å². The number of benzene rings is 1. The Morgan fingerprint density at radius 2 is 1.92 bits per heavy atom. The van der Waals surface area contributed by atoms with Gasteiger partial charge in [0.15, 0.2) is 0 Å². The van der Waals surface area contributed by atoms with E-state index in [-0.39, 0.29) is 0 Å². The quantitative estimate of drug-likeness (QED) is 0.545. The molecule has 0 fully saturated rings. The van der Waals surface area contributed by atoms with Crippen molar-refractivity contribution in [2.45, 2.75) is 26.2 Å². The molecular formula is C11H18N2. The lowest BCUT2D eigenvalue weighted by Gasteiger charge is -2.11. The first kappa shape index (κ1) is 10.2. The van der Waals surface area contributed by atoms with Gasteiger partial charge in [0.25, 0.3) is 0 Å². The summed E-state index contributed by atoms with van der Waals surface area (Å²) < 4.78 is 0. The predicted octanol–water partition coefficient (Wildman–Crippen LogP) is 1.82. The summed E-state index contributed by atoms with van der Waals surface area (Å²) in [4.78, 5) is 0. The van der Waals surface area contributed by atoms with Crippen molar-refractivity contribution < 1.29 is 0 Å². The van der Waals surface area contributed by atoms with Crippen LogP contribution < -0.4 is 11.3 Å². The molecule has 0 heterocycles. The number of hydrazine groups is 1. The summed E-state index contributed by atoms with van der Waals surface area (Å²) in [6.07, 6.45) is 1.10. The molecule has 1 rings (SSSR count). The number of aryl methyl sites for hydroxylation is 1. The van der Waals surface area contributed by atoms with Crippen molar-refractivity contribution in [2.24, 2.45) is 5.84 Å². The Kier molecular flexibility index (Phi) is 3.93. The van der Waals surface area contributed by atoms with Crippen molar-refractivity contribution in [3.05, 3.63) is 35.4 Å². The Morgan fingerprint density at radius 3 is 2.38 bits per heavy atom. The maximum atomic E-state index is 5.27. The smallest absolute Gasteiger partial charge is 0.0164 e. The summed E-state index contributed by atoms with van der Waals surface area (Å²) in [5.41, 5.74) is 5.42. The lowest BCUT2D eigenvalue weighted by molar-refractivity contribution is 0.639. The van der Waals surface area contributed by atoms with Gasteiger partial charge in [-0.05, 0) is 23.5 Å². The molecule has 1 aromatic carbocycles. The molecule has 1 unspecified atom stereocenters. The van der Waals surface area contributed by atoms with E-state index in [1.807, 2.05) is 0 Å². The third-order valence-corrected chi connectivity index (χ3v) is 2.38. The summed E-state index contributed by atoms with van der Waals surface area (Å²) in [5, 5.41) is 0. The van der Waals surface area contributed by atoms with Gasteiger partial charge in [-0.25, -0.2) is 0 Å². The van der Waals surface area contributed by atoms with Crippen molar-refractivity contribution >= 4 is 0 Å². The van der Waals surface area contributed by atoms with Gasteiger partial charge in [0.2, 0.25) is 0 Å². The van der Waals surface area contributed by atoms with E-state index < -0.39 is 0 Å². The van der Waals surface area contributed by atoms with E-state index in [0.29, 0.717) is 5.92 Å². The Morgan fingerprint density at radius 1 is 1.31 bits per heavy atom. The molecule has 1 aromatic rings. The molecule has 0 amide bonds. The maximum Gasteiger partial charge on any atom is 0.0164 e. The van der Waals surface area contributed by atoms with Gasteiger partial charge in [0.1, 0.15) is 0 Å². The minimum atomic E-state index is 0.482. The van der Waals surface area contributed by atoms with Crippen LogP contribution in [0.1, 0.15) is 30.9 Å². The molecule has 0 aromatic heterocycles. The predicted molar refractivity (Wildman–Crippen MR) is 56.4 cm³/mol. The van der Waals surface area contributed by atoms with E-state index in [1.54, 1.807) is 0 Å². The molecule has 2 nitrogen and oxygen atoms in total. The summed E-state index contributed by atoms with van der Waals surface area (Å²) >= 11 is 0. The minimum Gasteiger partial charge on any atom is -0.271 e. The second kappa shape index (κ2) is 5.00. The van der Waals surface area contributed by atoms with Crippen LogP contribution in [0.2, 0.25) is 0 Å². The first-order valence-corrected chi connectivity index (χ1v) is 4.80. The lowest BCUT2D eigenvalue weighted by atomic mass is 9.99. The van der Waals surface area contributed by atoms with Gasteiger partial charge in [0, 0.05) is 6.54 Å². The van der Waals surface area contributed by atoms with Gasteiger partial charge in [0.05, 0.1) is 0 Å². The molecule has 2 heteroatoms. The third kappa shape index (κ3) is 2.83. The van der Waals surface area contributed by atoms with Crippen molar-refractivity contribution in [3.63, 3.8) is 0 Å². The first-order valence-electron chi connectivity index (χ1n) is 4.80. The number of nitrogens with two attached hydrogens (primary N) is 1. The maximum absolute atomic E-state index is 5.27. The molecular weight excluding hydrogens is 160 g/mol. The van der Waals surface area contributed by atoms with Crippen molar-refractivity contribution in [1.82, 2.24) is 5.43 Å². The highest BCUT2D eigenvalue weighted by Crippen LogP contribution is 2.14. The number of hydrogen-bond acceptors (Lipinski definition) is 2. The highest BCUT2D eigenvalue weighted by molar-refractivity contribution is 5.25. The first-order chi connectivity index (χ1) is 6.27. The molecule has 0 aliphatic heterocycles. The summed E-state index contributed by atoms with van der Waals surface area (Å²) in [7, 11) is 0. The summed E-state index contributed by atoms with van der Waals surface area (Å²) in [5.74, 6) is 5.76. The van der Waals surface area contributed by atoms with Crippen molar-refractivity contribution in [2.75, 3.05) is 6.54 Å². The molecule has 0 aliphatic carbocycles. The van der Waals surface area contributed by atoms with Gasteiger partial charge in [-0.15, -0.1) is 0 Å². The average Bonchev–Trinajstić information content (AvgIpc) is 2.18. The highest BCUT2D eigenvalue weighted by atomic mass is 15.2. The molecule has 0 saturated carbocycles. The average molecular weight is 178 g/mol. The standard InChI is InChI=1S/C11H18N2/c1-3-10-4-6-11(7-5-10)9(2)8-13-12/h4-7,9,13H,3,8,12H2,1-2H3. The van der Waals surface area contributed by atoms with Crippen LogP contribution in [0, 0.1) is 0 Å². The largest absolute Gasteiger partial charge is 0.271 e. The Labute approximate surface area is 80.1 Å².